The van der Waals surface area contributed by atoms with Crippen molar-refractivity contribution in [3.05, 3.63) is 24.1 Å². The van der Waals surface area contributed by atoms with Crippen LogP contribution in [-0.2, 0) is 11.3 Å². The van der Waals surface area contributed by atoms with Crippen LogP contribution in [0.25, 0.3) is 11.4 Å². The predicted octanol–water partition coefficient (Wildman–Crippen LogP) is 3.93. The van der Waals surface area contributed by atoms with Crippen molar-refractivity contribution in [2.75, 3.05) is 14.2 Å². The summed E-state index contributed by atoms with van der Waals surface area (Å²) < 4.78 is 15.9. The minimum atomic E-state index is -0.0795. The zero-order chi connectivity index (χ0) is 20.2. The van der Waals surface area contributed by atoms with Gasteiger partial charge in [0.15, 0.2) is 11.5 Å². The Morgan fingerprint density at radius 3 is 2.41 bits per heavy atom. The molecule has 0 unspecified atom stereocenters. The molecule has 0 atom stereocenters. The van der Waals surface area contributed by atoms with Crippen LogP contribution in [0.3, 0.4) is 0 Å². The van der Waals surface area contributed by atoms with Crippen LogP contribution < -0.4 is 9.47 Å². The molecule has 0 saturated heterocycles. The number of nitrogens with zero attached hydrogens (tertiary/aromatic N) is 3. The lowest BCUT2D eigenvalue weighted by atomic mass is 9.91. The van der Waals surface area contributed by atoms with Gasteiger partial charge in [0.05, 0.1) is 14.2 Å². The summed E-state index contributed by atoms with van der Waals surface area (Å²) in [7, 11) is 3.16. The molecule has 148 valence electrons. The summed E-state index contributed by atoms with van der Waals surface area (Å²) in [4.78, 5) is 18.8. The first-order chi connectivity index (χ1) is 12.6. The first kappa shape index (κ1) is 20.7. The van der Waals surface area contributed by atoms with Crippen LogP contribution in [0.1, 0.15) is 46.9 Å². The maximum Gasteiger partial charge on any atom is 0.246 e. The Hall–Kier alpha value is -2.57. The maximum absolute atomic E-state index is 12.6. The van der Waals surface area contributed by atoms with E-state index in [1.165, 1.54) is 0 Å². The van der Waals surface area contributed by atoms with E-state index in [4.69, 9.17) is 14.0 Å². The Morgan fingerprint density at radius 2 is 1.85 bits per heavy atom. The molecule has 0 aliphatic carbocycles. The van der Waals surface area contributed by atoms with E-state index in [1.54, 1.807) is 31.3 Å². The number of hydrogen-bond donors (Lipinski definition) is 0. The second-order valence-electron chi connectivity index (χ2n) is 7.93. The first-order valence-corrected chi connectivity index (χ1v) is 8.99. The van der Waals surface area contributed by atoms with Gasteiger partial charge in [0, 0.05) is 18.0 Å². The molecule has 0 bridgehead atoms. The van der Waals surface area contributed by atoms with Crippen LogP contribution in [0.2, 0.25) is 0 Å². The molecular formula is C20H29N3O4. The zero-order valence-electron chi connectivity index (χ0n) is 17.2. The van der Waals surface area contributed by atoms with E-state index in [0.717, 1.165) is 5.56 Å². The number of carbonyl (C=O) groups excluding carboxylic acids is 1. The van der Waals surface area contributed by atoms with Gasteiger partial charge in [-0.1, -0.05) is 25.9 Å². The number of ether oxygens (including phenoxy) is 2. The van der Waals surface area contributed by atoms with Crippen LogP contribution >= 0.6 is 0 Å². The van der Waals surface area contributed by atoms with E-state index in [9.17, 15) is 4.79 Å². The highest BCUT2D eigenvalue weighted by Gasteiger charge is 2.25. The quantitative estimate of drug-likeness (QED) is 0.730. The fourth-order valence-corrected chi connectivity index (χ4v) is 2.67. The number of aromatic nitrogens is 2. The number of hydrogen-bond acceptors (Lipinski definition) is 6. The average molecular weight is 375 g/mol. The van der Waals surface area contributed by atoms with E-state index < -0.39 is 0 Å². The smallest absolute Gasteiger partial charge is 0.246 e. The van der Waals surface area contributed by atoms with Gasteiger partial charge in [-0.3, -0.25) is 4.79 Å². The van der Waals surface area contributed by atoms with Crippen molar-refractivity contribution in [1.82, 2.24) is 15.0 Å². The van der Waals surface area contributed by atoms with Crippen molar-refractivity contribution >= 4 is 5.91 Å². The summed E-state index contributed by atoms with van der Waals surface area (Å²) in [5, 5.41) is 4.04. The second kappa shape index (κ2) is 8.41. The summed E-state index contributed by atoms with van der Waals surface area (Å²) in [5.74, 6) is 2.13. The minimum absolute atomic E-state index is 0.0382. The van der Waals surface area contributed by atoms with Gasteiger partial charge < -0.3 is 18.9 Å². The Kier molecular flexibility index (Phi) is 6.46. The molecule has 2 rings (SSSR count). The van der Waals surface area contributed by atoms with Crippen molar-refractivity contribution in [3.63, 3.8) is 0 Å². The van der Waals surface area contributed by atoms with Gasteiger partial charge >= 0.3 is 0 Å². The Balaban J connectivity index is 2.20. The summed E-state index contributed by atoms with van der Waals surface area (Å²) in [6.45, 7) is 10.4. The van der Waals surface area contributed by atoms with E-state index in [1.807, 2.05) is 40.7 Å². The third-order valence-corrected chi connectivity index (χ3v) is 4.04. The fourth-order valence-electron chi connectivity index (χ4n) is 2.67. The molecule has 0 N–H and O–H groups in total. The SMILES string of the molecule is COc1ccc(-c2noc(CN(C(=O)CC(C)(C)C)C(C)C)n2)cc1OC. The number of rotatable bonds is 7. The summed E-state index contributed by atoms with van der Waals surface area (Å²) in [6.07, 6.45) is 0.460. The van der Waals surface area contributed by atoms with Crippen LogP contribution in [0.5, 0.6) is 11.5 Å². The number of amides is 1. The first-order valence-electron chi connectivity index (χ1n) is 8.99. The van der Waals surface area contributed by atoms with Gasteiger partial charge in [-0.25, -0.2) is 0 Å². The monoisotopic (exact) mass is 375 g/mol. The van der Waals surface area contributed by atoms with Crippen LogP contribution in [-0.4, -0.2) is 41.2 Å². The molecule has 0 saturated carbocycles. The maximum atomic E-state index is 12.6. The third-order valence-electron chi connectivity index (χ3n) is 4.04. The Bertz CT molecular complexity index is 778. The van der Waals surface area contributed by atoms with Crippen molar-refractivity contribution in [2.24, 2.45) is 5.41 Å². The summed E-state index contributed by atoms with van der Waals surface area (Å²) >= 11 is 0. The van der Waals surface area contributed by atoms with Crippen molar-refractivity contribution in [1.29, 1.82) is 0 Å². The topological polar surface area (TPSA) is 77.7 Å². The molecule has 0 radical (unpaired) electrons. The lowest BCUT2D eigenvalue weighted by Gasteiger charge is -2.28. The lowest BCUT2D eigenvalue weighted by molar-refractivity contribution is -0.135. The van der Waals surface area contributed by atoms with Gasteiger partial charge in [0.25, 0.3) is 0 Å². The average Bonchev–Trinajstić information content (AvgIpc) is 3.05. The molecule has 0 fully saturated rings. The van der Waals surface area contributed by atoms with Gasteiger partial charge in [0.2, 0.25) is 17.6 Å². The molecule has 1 amide bonds. The van der Waals surface area contributed by atoms with Crippen molar-refractivity contribution < 1.29 is 18.8 Å². The second-order valence-corrected chi connectivity index (χ2v) is 7.93. The minimum Gasteiger partial charge on any atom is -0.493 e. The molecule has 0 spiro atoms. The normalized spacial score (nSPS) is 11.6. The summed E-state index contributed by atoms with van der Waals surface area (Å²) in [5.41, 5.74) is 0.670. The third kappa shape index (κ3) is 5.45. The lowest BCUT2D eigenvalue weighted by Crippen LogP contribution is -2.38. The Morgan fingerprint density at radius 1 is 1.19 bits per heavy atom. The van der Waals surface area contributed by atoms with Crippen LogP contribution in [0.4, 0.5) is 0 Å². The van der Waals surface area contributed by atoms with Crippen molar-refractivity contribution in [3.8, 4) is 22.9 Å². The summed E-state index contributed by atoms with van der Waals surface area (Å²) in [6, 6.07) is 5.45. The van der Waals surface area contributed by atoms with Crippen LogP contribution in [0.15, 0.2) is 22.7 Å². The van der Waals surface area contributed by atoms with E-state index >= 15 is 0 Å². The molecular weight excluding hydrogens is 346 g/mol. The number of methoxy groups -OCH3 is 2. The van der Waals surface area contributed by atoms with Gasteiger partial charge in [-0.2, -0.15) is 4.98 Å². The van der Waals surface area contributed by atoms with Gasteiger partial charge in [-0.05, 0) is 37.5 Å². The van der Waals surface area contributed by atoms with E-state index in [2.05, 4.69) is 10.1 Å². The molecule has 1 aromatic carbocycles. The molecule has 2 aromatic rings. The fraction of sp³-hybridized carbons (Fsp3) is 0.550. The van der Waals surface area contributed by atoms with Gasteiger partial charge in [-0.15, -0.1) is 0 Å². The Labute approximate surface area is 160 Å². The molecule has 7 nitrogen and oxygen atoms in total. The van der Waals surface area contributed by atoms with E-state index in [0.29, 0.717) is 29.6 Å². The van der Waals surface area contributed by atoms with E-state index in [-0.39, 0.29) is 23.9 Å². The molecule has 7 heteroatoms. The highest BCUT2D eigenvalue weighted by atomic mass is 16.5. The zero-order valence-corrected chi connectivity index (χ0v) is 17.2. The van der Waals surface area contributed by atoms with Crippen molar-refractivity contribution in [2.45, 2.75) is 53.6 Å². The highest BCUT2D eigenvalue weighted by Crippen LogP contribution is 2.31. The number of carbonyl (C=O) groups is 1. The molecule has 1 heterocycles. The standard InChI is InChI=1S/C20H29N3O4/c1-13(2)23(18(24)11-20(3,4)5)12-17-21-19(22-27-17)14-8-9-15(25-6)16(10-14)26-7/h8-10,13H,11-12H2,1-7H3. The highest BCUT2D eigenvalue weighted by molar-refractivity contribution is 5.77. The van der Waals surface area contributed by atoms with Gasteiger partial charge in [0.1, 0.15) is 6.54 Å². The largest absolute Gasteiger partial charge is 0.493 e. The molecule has 27 heavy (non-hydrogen) atoms. The molecule has 1 aromatic heterocycles. The molecule has 0 aliphatic rings. The predicted molar refractivity (Wildman–Crippen MR) is 103 cm³/mol. The van der Waals surface area contributed by atoms with Crippen LogP contribution in [0, 0.1) is 5.41 Å². The number of benzene rings is 1. The molecule has 0 aliphatic heterocycles.